The Balaban J connectivity index is 2.36. The van der Waals surface area contributed by atoms with Crippen LogP contribution in [0.25, 0.3) is 0 Å². The zero-order chi connectivity index (χ0) is 14.0. The first kappa shape index (κ1) is 13.7. The first-order valence-corrected chi connectivity index (χ1v) is 7.02. The van der Waals surface area contributed by atoms with Crippen LogP contribution in [-0.4, -0.2) is 22.5 Å². The molecule has 0 amide bonds. The fraction of sp³-hybridized carbons (Fsp3) is 0.286. The molecule has 4 nitrogen and oxygen atoms in total. The van der Waals surface area contributed by atoms with Gasteiger partial charge < -0.3 is 9.63 Å². The maximum Gasteiger partial charge on any atom is 0.358 e. The van der Waals surface area contributed by atoms with Crippen molar-refractivity contribution in [3.63, 3.8) is 0 Å². The summed E-state index contributed by atoms with van der Waals surface area (Å²) in [4.78, 5) is 12.0. The summed E-state index contributed by atoms with van der Waals surface area (Å²) in [5.74, 6) is -0.537. The molecule has 0 aliphatic rings. The first-order chi connectivity index (χ1) is 8.95. The van der Waals surface area contributed by atoms with Gasteiger partial charge in [0.05, 0.1) is 5.41 Å². The van der Waals surface area contributed by atoms with Crippen molar-refractivity contribution in [3.8, 4) is 0 Å². The second-order valence-electron chi connectivity index (χ2n) is 4.74. The van der Waals surface area contributed by atoms with Crippen LogP contribution in [0.5, 0.6) is 0 Å². The summed E-state index contributed by atoms with van der Waals surface area (Å²) < 4.78 is 5.17. The molecule has 0 atom stereocenters. The van der Waals surface area contributed by atoms with Gasteiger partial charge >= 0.3 is 5.97 Å². The number of aromatic nitrogens is 1. The van der Waals surface area contributed by atoms with Gasteiger partial charge in [0.2, 0.25) is 0 Å². The van der Waals surface area contributed by atoms with Crippen LogP contribution in [0.4, 0.5) is 0 Å². The van der Waals surface area contributed by atoms with Crippen molar-refractivity contribution in [2.45, 2.75) is 24.2 Å². The number of aromatic carboxylic acids is 1. The van der Waals surface area contributed by atoms with Crippen LogP contribution in [0.15, 0.2) is 39.8 Å². The van der Waals surface area contributed by atoms with Gasteiger partial charge in [0, 0.05) is 11.0 Å². The maximum absolute atomic E-state index is 10.8. The van der Waals surface area contributed by atoms with Crippen LogP contribution in [0, 0.1) is 0 Å². The number of carbonyl (C=O) groups is 1. The van der Waals surface area contributed by atoms with E-state index in [0.29, 0.717) is 5.76 Å². The fourth-order valence-corrected chi connectivity index (χ4v) is 2.23. The molecule has 0 unspecified atom stereocenters. The normalized spacial score (nSPS) is 11.5. The molecule has 1 aromatic carbocycles. The third-order valence-corrected chi connectivity index (χ3v) is 3.90. The summed E-state index contributed by atoms with van der Waals surface area (Å²) in [6, 6.07) is 9.60. The van der Waals surface area contributed by atoms with Crippen molar-refractivity contribution in [1.29, 1.82) is 0 Å². The highest BCUT2D eigenvalue weighted by Crippen LogP contribution is 2.32. The molecule has 0 spiro atoms. The van der Waals surface area contributed by atoms with Gasteiger partial charge in [-0.2, -0.15) is 0 Å². The molecular formula is C14H15NO3S. The first-order valence-electron chi connectivity index (χ1n) is 5.80. The summed E-state index contributed by atoms with van der Waals surface area (Å²) in [7, 11) is 0. The van der Waals surface area contributed by atoms with Crippen molar-refractivity contribution < 1.29 is 14.4 Å². The largest absolute Gasteiger partial charge is 0.476 e. The molecule has 2 aromatic rings. The molecule has 19 heavy (non-hydrogen) atoms. The van der Waals surface area contributed by atoms with Gasteiger partial charge in [-0.1, -0.05) is 17.3 Å². The molecule has 0 saturated carbocycles. The molecule has 0 aliphatic carbocycles. The summed E-state index contributed by atoms with van der Waals surface area (Å²) in [5.41, 5.74) is 0.569. The number of rotatable bonds is 4. The van der Waals surface area contributed by atoms with Gasteiger partial charge in [-0.15, -0.1) is 11.8 Å². The molecule has 0 fully saturated rings. The number of thioether (sulfide) groups is 1. The van der Waals surface area contributed by atoms with Crippen LogP contribution in [0.1, 0.15) is 35.7 Å². The van der Waals surface area contributed by atoms with E-state index in [4.69, 9.17) is 9.63 Å². The third-order valence-electron chi connectivity index (χ3n) is 3.16. The quantitative estimate of drug-likeness (QED) is 0.867. The average Bonchev–Trinajstić information content (AvgIpc) is 2.89. The van der Waals surface area contributed by atoms with Crippen molar-refractivity contribution in [1.82, 2.24) is 5.16 Å². The lowest BCUT2D eigenvalue weighted by atomic mass is 9.82. The lowest BCUT2D eigenvalue weighted by Gasteiger charge is -2.21. The Bertz CT molecular complexity index is 587. The van der Waals surface area contributed by atoms with E-state index in [1.807, 2.05) is 44.4 Å². The molecule has 0 radical (unpaired) electrons. The van der Waals surface area contributed by atoms with Gasteiger partial charge in [-0.05, 0) is 37.8 Å². The number of nitrogens with zero attached hydrogens (tertiary/aromatic N) is 1. The van der Waals surface area contributed by atoms with Crippen LogP contribution in [0.3, 0.4) is 0 Å². The lowest BCUT2D eigenvalue weighted by molar-refractivity contribution is 0.0685. The lowest BCUT2D eigenvalue weighted by Crippen LogP contribution is -2.18. The van der Waals surface area contributed by atoms with E-state index in [1.165, 1.54) is 11.0 Å². The minimum Gasteiger partial charge on any atom is -0.476 e. The summed E-state index contributed by atoms with van der Waals surface area (Å²) in [6.45, 7) is 3.96. The van der Waals surface area contributed by atoms with E-state index in [1.54, 1.807) is 11.8 Å². The molecule has 0 aliphatic heterocycles. The van der Waals surface area contributed by atoms with E-state index in [-0.39, 0.29) is 5.69 Å². The average molecular weight is 277 g/mol. The standard InChI is InChI=1S/C14H15NO3S/c1-14(2,9-4-6-10(19-3)7-5-9)12-8-11(13(16)17)15-18-12/h4-8H,1-3H3,(H,16,17). The molecule has 1 N–H and O–H groups in total. The van der Waals surface area contributed by atoms with E-state index < -0.39 is 11.4 Å². The number of carboxylic acid groups (broad SMARTS) is 1. The SMILES string of the molecule is CSc1ccc(C(C)(C)c2cc(C(=O)O)no2)cc1. The second kappa shape index (κ2) is 5.09. The predicted molar refractivity (Wildman–Crippen MR) is 73.8 cm³/mol. The van der Waals surface area contributed by atoms with Gasteiger partial charge in [-0.3, -0.25) is 0 Å². The number of carboxylic acids is 1. The minimum atomic E-state index is -1.08. The Morgan fingerprint density at radius 3 is 2.42 bits per heavy atom. The highest BCUT2D eigenvalue weighted by molar-refractivity contribution is 7.98. The van der Waals surface area contributed by atoms with Crippen molar-refractivity contribution in [3.05, 3.63) is 47.3 Å². The zero-order valence-electron chi connectivity index (χ0n) is 11.0. The number of benzene rings is 1. The van der Waals surface area contributed by atoms with Gasteiger partial charge in [-0.25, -0.2) is 4.79 Å². The minimum absolute atomic E-state index is 0.0659. The Hall–Kier alpha value is -1.75. The van der Waals surface area contributed by atoms with E-state index in [9.17, 15) is 4.79 Å². The summed E-state index contributed by atoms with van der Waals surface area (Å²) in [5, 5.41) is 12.4. The second-order valence-corrected chi connectivity index (χ2v) is 5.61. The monoisotopic (exact) mass is 277 g/mol. The fourth-order valence-electron chi connectivity index (χ4n) is 1.82. The maximum atomic E-state index is 10.8. The van der Waals surface area contributed by atoms with Gasteiger partial charge in [0.1, 0.15) is 5.76 Å². The zero-order valence-corrected chi connectivity index (χ0v) is 11.8. The van der Waals surface area contributed by atoms with Gasteiger partial charge in [0.25, 0.3) is 0 Å². The molecule has 0 bridgehead atoms. The van der Waals surface area contributed by atoms with Crippen LogP contribution in [-0.2, 0) is 5.41 Å². The summed E-state index contributed by atoms with van der Waals surface area (Å²) >= 11 is 1.68. The summed E-state index contributed by atoms with van der Waals surface area (Å²) in [6.07, 6.45) is 2.02. The molecule has 0 saturated heterocycles. The highest BCUT2D eigenvalue weighted by atomic mass is 32.2. The number of hydrogen-bond acceptors (Lipinski definition) is 4. The molecule has 100 valence electrons. The van der Waals surface area contributed by atoms with Crippen molar-refractivity contribution in [2.24, 2.45) is 0 Å². The van der Waals surface area contributed by atoms with E-state index in [2.05, 4.69) is 5.16 Å². The Labute approximate surface area is 115 Å². The van der Waals surface area contributed by atoms with Crippen LogP contribution in [0.2, 0.25) is 0 Å². The smallest absolute Gasteiger partial charge is 0.358 e. The Morgan fingerprint density at radius 2 is 1.95 bits per heavy atom. The highest BCUT2D eigenvalue weighted by Gasteiger charge is 2.29. The Kier molecular flexibility index (Phi) is 3.66. The Morgan fingerprint density at radius 1 is 1.32 bits per heavy atom. The van der Waals surface area contributed by atoms with Crippen molar-refractivity contribution in [2.75, 3.05) is 6.26 Å². The van der Waals surface area contributed by atoms with E-state index >= 15 is 0 Å². The van der Waals surface area contributed by atoms with Gasteiger partial charge in [0.15, 0.2) is 5.69 Å². The molecule has 5 heteroatoms. The van der Waals surface area contributed by atoms with Crippen LogP contribution < -0.4 is 0 Å². The number of hydrogen-bond donors (Lipinski definition) is 1. The van der Waals surface area contributed by atoms with Crippen LogP contribution >= 0.6 is 11.8 Å². The topological polar surface area (TPSA) is 63.3 Å². The van der Waals surface area contributed by atoms with E-state index in [0.717, 1.165) is 5.56 Å². The molecule has 1 aromatic heterocycles. The molecule has 2 rings (SSSR count). The predicted octanol–water partition coefficient (Wildman–Crippen LogP) is 3.42. The molecular weight excluding hydrogens is 262 g/mol. The van der Waals surface area contributed by atoms with Crippen molar-refractivity contribution >= 4 is 17.7 Å². The third kappa shape index (κ3) is 2.66. The molecule has 1 heterocycles.